The maximum absolute atomic E-state index is 12.6. The van der Waals surface area contributed by atoms with Crippen LogP contribution in [-0.2, 0) is 26.2 Å². The molecule has 4 rings (SSSR count). The summed E-state index contributed by atoms with van der Waals surface area (Å²) in [6, 6.07) is 12.2. The standard InChI is InChI=1S/C28H35N5O4S2/c1-19(2)39(35,36)33-15-25(20(3)21(33)4)16-37-18-30-14-27(34)32-28(5)31-26(17-38-28)24-8-6-7-23(13-24)22-9-11-29-12-10-22/h6-13,15,17,19,30-31H,14,16,18H2,1-5H3,(H,32,34). The van der Waals surface area contributed by atoms with Gasteiger partial charge in [-0.2, -0.15) is 0 Å². The fourth-order valence-electron chi connectivity index (χ4n) is 4.18. The van der Waals surface area contributed by atoms with Crippen molar-refractivity contribution >= 4 is 33.4 Å². The molecule has 0 spiro atoms. The van der Waals surface area contributed by atoms with E-state index in [1.165, 1.54) is 15.7 Å². The van der Waals surface area contributed by atoms with Crippen molar-refractivity contribution in [2.45, 2.75) is 51.5 Å². The van der Waals surface area contributed by atoms with Gasteiger partial charge in [-0.05, 0) is 86.0 Å². The topological polar surface area (TPSA) is 114 Å². The van der Waals surface area contributed by atoms with E-state index in [1.807, 2.05) is 43.5 Å². The minimum Gasteiger partial charge on any atom is -0.362 e. The molecule has 1 aromatic carbocycles. The van der Waals surface area contributed by atoms with E-state index >= 15 is 0 Å². The molecule has 208 valence electrons. The fourth-order valence-corrected chi connectivity index (χ4v) is 6.32. The number of hydrogen-bond acceptors (Lipinski definition) is 8. The van der Waals surface area contributed by atoms with Crippen molar-refractivity contribution in [3.8, 4) is 11.1 Å². The van der Waals surface area contributed by atoms with Crippen LogP contribution >= 0.6 is 11.8 Å². The van der Waals surface area contributed by atoms with Crippen LogP contribution in [0, 0.1) is 13.8 Å². The van der Waals surface area contributed by atoms with Crippen LogP contribution in [0.4, 0.5) is 0 Å². The molecule has 2 aromatic heterocycles. The van der Waals surface area contributed by atoms with Crippen molar-refractivity contribution < 1.29 is 17.9 Å². The molecule has 3 aromatic rings. The van der Waals surface area contributed by atoms with E-state index in [0.717, 1.165) is 33.5 Å². The third kappa shape index (κ3) is 6.73. The van der Waals surface area contributed by atoms with Crippen molar-refractivity contribution in [3.63, 3.8) is 0 Å². The summed E-state index contributed by atoms with van der Waals surface area (Å²) in [5.74, 6) is -0.178. The predicted molar refractivity (Wildman–Crippen MR) is 156 cm³/mol. The maximum atomic E-state index is 12.6. The van der Waals surface area contributed by atoms with Crippen molar-refractivity contribution in [2.24, 2.45) is 0 Å². The lowest BCUT2D eigenvalue weighted by Crippen LogP contribution is -2.53. The van der Waals surface area contributed by atoms with Gasteiger partial charge in [0.15, 0.2) is 4.99 Å². The maximum Gasteiger partial charge on any atom is 0.241 e. The van der Waals surface area contributed by atoms with Gasteiger partial charge in [-0.25, -0.2) is 12.4 Å². The number of benzene rings is 1. The molecule has 0 saturated carbocycles. The van der Waals surface area contributed by atoms with Gasteiger partial charge < -0.3 is 15.4 Å². The second-order valence-electron chi connectivity index (χ2n) is 9.85. The summed E-state index contributed by atoms with van der Waals surface area (Å²) in [7, 11) is -3.43. The highest BCUT2D eigenvalue weighted by Crippen LogP contribution is 2.34. The van der Waals surface area contributed by atoms with Crippen molar-refractivity contribution in [2.75, 3.05) is 13.3 Å². The molecule has 11 heteroatoms. The molecular formula is C28H35N5O4S2. The lowest BCUT2D eigenvalue weighted by atomic mass is 10.0. The van der Waals surface area contributed by atoms with Crippen LogP contribution in [0.15, 0.2) is 60.4 Å². The Morgan fingerprint density at radius 3 is 2.59 bits per heavy atom. The Hall–Kier alpha value is -3.12. The first-order valence-corrected chi connectivity index (χ1v) is 15.1. The van der Waals surface area contributed by atoms with E-state index in [2.05, 4.69) is 33.1 Å². The molecular weight excluding hydrogens is 534 g/mol. The van der Waals surface area contributed by atoms with Crippen LogP contribution in [-0.4, -0.2) is 46.8 Å². The molecule has 3 N–H and O–H groups in total. The quantitative estimate of drug-likeness (QED) is 0.235. The summed E-state index contributed by atoms with van der Waals surface area (Å²) < 4.78 is 32.1. The number of thioether (sulfide) groups is 1. The molecule has 0 saturated heterocycles. The van der Waals surface area contributed by atoms with E-state index in [0.29, 0.717) is 5.69 Å². The zero-order valence-electron chi connectivity index (χ0n) is 22.8. The van der Waals surface area contributed by atoms with Gasteiger partial charge in [0.1, 0.15) is 0 Å². The number of pyridine rings is 1. The number of nitrogens with zero attached hydrogens (tertiary/aromatic N) is 2. The van der Waals surface area contributed by atoms with Crippen molar-refractivity contribution in [3.05, 3.63) is 82.8 Å². The number of carbonyl (C=O) groups is 1. The number of aromatic nitrogens is 2. The largest absolute Gasteiger partial charge is 0.362 e. The zero-order valence-corrected chi connectivity index (χ0v) is 24.4. The molecule has 1 unspecified atom stereocenters. The monoisotopic (exact) mass is 569 g/mol. The van der Waals surface area contributed by atoms with Gasteiger partial charge in [0, 0.05) is 24.3 Å². The van der Waals surface area contributed by atoms with Gasteiger partial charge in [0.05, 0.1) is 30.8 Å². The Morgan fingerprint density at radius 2 is 1.87 bits per heavy atom. The average molecular weight is 570 g/mol. The highest BCUT2D eigenvalue weighted by molar-refractivity contribution is 8.03. The van der Waals surface area contributed by atoms with E-state index in [9.17, 15) is 13.2 Å². The van der Waals surface area contributed by atoms with Crippen LogP contribution in [0.3, 0.4) is 0 Å². The average Bonchev–Trinajstić information content (AvgIpc) is 3.44. The van der Waals surface area contributed by atoms with E-state index in [1.54, 1.807) is 39.4 Å². The second-order valence-corrected chi connectivity index (χ2v) is 13.5. The summed E-state index contributed by atoms with van der Waals surface area (Å²) in [6.07, 6.45) is 5.17. The van der Waals surface area contributed by atoms with Gasteiger partial charge in [0.25, 0.3) is 0 Å². The molecule has 0 radical (unpaired) electrons. The molecule has 0 aliphatic carbocycles. The van der Waals surface area contributed by atoms with Gasteiger partial charge >= 0.3 is 0 Å². The van der Waals surface area contributed by atoms with E-state index in [-0.39, 0.29) is 25.8 Å². The Balaban J connectivity index is 1.24. The van der Waals surface area contributed by atoms with Crippen LogP contribution < -0.4 is 16.0 Å². The minimum absolute atomic E-state index is 0.0748. The third-order valence-electron chi connectivity index (χ3n) is 6.60. The smallest absolute Gasteiger partial charge is 0.241 e. The van der Waals surface area contributed by atoms with Crippen molar-refractivity contribution in [1.82, 2.24) is 24.9 Å². The normalized spacial score (nSPS) is 17.2. The molecule has 1 atom stereocenters. The van der Waals surface area contributed by atoms with Gasteiger partial charge in [-0.3, -0.25) is 15.1 Å². The van der Waals surface area contributed by atoms with Crippen LogP contribution in [0.25, 0.3) is 16.8 Å². The Kier molecular flexibility index (Phi) is 8.85. The summed E-state index contributed by atoms with van der Waals surface area (Å²) in [4.78, 5) is 16.0. The van der Waals surface area contributed by atoms with Crippen LogP contribution in [0.1, 0.15) is 43.2 Å². The number of ether oxygens (including phenoxy) is 1. The zero-order chi connectivity index (χ0) is 28.2. The lowest BCUT2D eigenvalue weighted by Gasteiger charge is -2.27. The number of rotatable bonds is 11. The predicted octanol–water partition coefficient (Wildman–Crippen LogP) is 3.94. The molecule has 1 aliphatic heterocycles. The lowest BCUT2D eigenvalue weighted by molar-refractivity contribution is -0.121. The first-order chi connectivity index (χ1) is 18.5. The second kappa shape index (κ2) is 12.0. The molecule has 0 fully saturated rings. The minimum atomic E-state index is -3.43. The SMILES string of the molecule is Cc1c(COCNCC(=O)NC2(C)NC(c3cccc(-c4ccncc4)c3)=CS2)cn(S(=O)(=O)C(C)C)c1C. The highest BCUT2D eigenvalue weighted by Gasteiger charge is 2.32. The molecule has 3 heterocycles. The van der Waals surface area contributed by atoms with Gasteiger partial charge in [-0.1, -0.05) is 30.0 Å². The van der Waals surface area contributed by atoms with Crippen molar-refractivity contribution in [1.29, 1.82) is 0 Å². The van der Waals surface area contributed by atoms with Gasteiger partial charge in [-0.15, -0.1) is 0 Å². The Bertz CT molecular complexity index is 1470. The third-order valence-corrected chi connectivity index (χ3v) is 9.74. The Labute approximate surface area is 234 Å². The molecule has 1 amide bonds. The summed E-state index contributed by atoms with van der Waals surface area (Å²) in [5, 5.41) is 10.9. The highest BCUT2D eigenvalue weighted by atomic mass is 32.2. The number of amides is 1. The first kappa shape index (κ1) is 28.9. The summed E-state index contributed by atoms with van der Waals surface area (Å²) in [6.45, 7) is 9.37. The fraction of sp³-hybridized carbons (Fsp3) is 0.357. The van der Waals surface area contributed by atoms with E-state index < -0.39 is 20.3 Å². The first-order valence-electron chi connectivity index (χ1n) is 12.7. The number of hydrogen-bond donors (Lipinski definition) is 3. The number of carbonyl (C=O) groups excluding carboxylic acids is 1. The van der Waals surface area contributed by atoms with E-state index in [4.69, 9.17) is 4.74 Å². The molecule has 1 aliphatic rings. The summed E-state index contributed by atoms with van der Waals surface area (Å²) in [5.41, 5.74) is 6.51. The van der Waals surface area contributed by atoms with Crippen LogP contribution in [0.5, 0.6) is 0 Å². The molecule has 0 bridgehead atoms. The molecule has 39 heavy (non-hydrogen) atoms. The molecule has 9 nitrogen and oxygen atoms in total. The van der Waals surface area contributed by atoms with Crippen LogP contribution in [0.2, 0.25) is 0 Å². The number of nitrogens with one attached hydrogen (secondary N) is 3. The van der Waals surface area contributed by atoms with Gasteiger partial charge in [0.2, 0.25) is 15.9 Å². The Morgan fingerprint density at radius 1 is 1.15 bits per heavy atom. The summed E-state index contributed by atoms with van der Waals surface area (Å²) >= 11 is 1.50.